The zero-order chi connectivity index (χ0) is 16.2. The van der Waals surface area contributed by atoms with Gasteiger partial charge in [0, 0.05) is 6.54 Å². The van der Waals surface area contributed by atoms with Crippen LogP contribution in [0.1, 0.15) is 21.5 Å². The highest BCUT2D eigenvalue weighted by atomic mass is 32.2. The van der Waals surface area contributed by atoms with Crippen molar-refractivity contribution in [2.24, 2.45) is 5.73 Å². The maximum atomic E-state index is 12.1. The van der Waals surface area contributed by atoms with Gasteiger partial charge >= 0.3 is 12.1 Å². The maximum Gasteiger partial charge on any atom is 0.404 e. The Morgan fingerprint density at radius 2 is 1.95 bits per heavy atom. The van der Waals surface area contributed by atoms with E-state index in [9.17, 15) is 18.0 Å². The second-order valence-corrected chi connectivity index (χ2v) is 6.02. The average molecular weight is 316 g/mol. The standard InChI is InChI=1S/C12H16N2O6S/c1-7-5-9(11(15)16)6-10(8(7)2)21(18,19)14-3-4-20-12(13)17/h5-6,14H,3-4H2,1-2H3,(H2,13,17)(H,15,16). The highest BCUT2D eigenvalue weighted by Crippen LogP contribution is 2.21. The van der Waals surface area contributed by atoms with Crippen LogP contribution in [-0.2, 0) is 14.8 Å². The number of ether oxygens (including phenoxy) is 1. The molecule has 0 aromatic heterocycles. The minimum atomic E-state index is -3.91. The molecule has 0 atom stereocenters. The van der Waals surface area contributed by atoms with E-state index in [1.54, 1.807) is 13.8 Å². The van der Waals surface area contributed by atoms with Gasteiger partial charge in [-0.3, -0.25) is 0 Å². The molecule has 0 saturated carbocycles. The summed E-state index contributed by atoms with van der Waals surface area (Å²) in [5.74, 6) is -1.22. The number of aromatic carboxylic acids is 1. The van der Waals surface area contributed by atoms with Gasteiger partial charge in [-0.05, 0) is 37.1 Å². The third-order valence-electron chi connectivity index (χ3n) is 2.79. The van der Waals surface area contributed by atoms with Crippen molar-refractivity contribution in [2.45, 2.75) is 18.7 Å². The minimum absolute atomic E-state index is 0.119. The van der Waals surface area contributed by atoms with Gasteiger partial charge in [0.1, 0.15) is 6.61 Å². The number of aryl methyl sites for hydroxylation is 1. The van der Waals surface area contributed by atoms with E-state index in [4.69, 9.17) is 10.8 Å². The van der Waals surface area contributed by atoms with Crippen LogP contribution in [0, 0.1) is 13.8 Å². The quantitative estimate of drug-likeness (QED) is 0.649. The molecule has 4 N–H and O–H groups in total. The van der Waals surface area contributed by atoms with Crippen molar-refractivity contribution in [3.8, 4) is 0 Å². The maximum absolute atomic E-state index is 12.1. The van der Waals surface area contributed by atoms with Gasteiger partial charge in [-0.2, -0.15) is 0 Å². The molecule has 0 bridgehead atoms. The molecule has 0 fully saturated rings. The molecule has 0 aliphatic heterocycles. The summed E-state index contributed by atoms with van der Waals surface area (Å²) in [7, 11) is -3.91. The highest BCUT2D eigenvalue weighted by molar-refractivity contribution is 7.89. The zero-order valence-electron chi connectivity index (χ0n) is 11.5. The van der Waals surface area contributed by atoms with Gasteiger partial charge in [-0.1, -0.05) is 0 Å². The number of carbonyl (C=O) groups excluding carboxylic acids is 1. The van der Waals surface area contributed by atoms with Crippen molar-refractivity contribution in [1.29, 1.82) is 0 Å². The van der Waals surface area contributed by atoms with Crippen molar-refractivity contribution in [3.05, 3.63) is 28.8 Å². The number of carboxylic acids is 1. The first-order valence-electron chi connectivity index (χ1n) is 5.91. The summed E-state index contributed by atoms with van der Waals surface area (Å²) in [5, 5.41) is 8.98. The second kappa shape index (κ2) is 6.55. The number of nitrogens with one attached hydrogen (secondary N) is 1. The first kappa shape index (κ1) is 16.9. The average Bonchev–Trinajstić information content (AvgIpc) is 2.37. The lowest BCUT2D eigenvalue weighted by molar-refractivity contribution is 0.0696. The molecule has 0 saturated heterocycles. The molecule has 1 aromatic carbocycles. The van der Waals surface area contributed by atoms with Gasteiger partial charge in [0.25, 0.3) is 0 Å². The van der Waals surface area contributed by atoms with Crippen molar-refractivity contribution in [1.82, 2.24) is 4.72 Å². The van der Waals surface area contributed by atoms with E-state index in [1.807, 2.05) is 0 Å². The van der Waals surface area contributed by atoms with Crippen molar-refractivity contribution < 1.29 is 27.9 Å². The van der Waals surface area contributed by atoms with E-state index in [1.165, 1.54) is 6.07 Å². The Bertz CT molecular complexity index is 669. The van der Waals surface area contributed by atoms with Crippen molar-refractivity contribution in [2.75, 3.05) is 13.2 Å². The van der Waals surface area contributed by atoms with Crippen molar-refractivity contribution in [3.63, 3.8) is 0 Å². The van der Waals surface area contributed by atoms with Crippen LogP contribution in [0.25, 0.3) is 0 Å². The molecular weight excluding hydrogens is 300 g/mol. The molecule has 1 amide bonds. The number of nitrogens with two attached hydrogens (primary N) is 1. The lowest BCUT2D eigenvalue weighted by Gasteiger charge is -2.12. The lowest BCUT2D eigenvalue weighted by Crippen LogP contribution is -2.30. The van der Waals surface area contributed by atoms with Crippen LogP contribution in [0.4, 0.5) is 4.79 Å². The molecule has 8 nitrogen and oxygen atoms in total. The fourth-order valence-electron chi connectivity index (χ4n) is 1.63. The number of rotatable bonds is 6. The summed E-state index contributed by atoms with van der Waals surface area (Å²) in [6.07, 6.45) is -1.01. The molecule has 0 unspecified atom stereocenters. The van der Waals surface area contributed by atoms with E-state index >= 15 is 0 Å². The third-order valence-corrected chi connectivity index (χ3v) is 4.38. The SMILES string of the molecule is Cc1cc(C(=O)O)cc(S(=O)(=O)NCCOC(N)=O)c1C. The van der Waals surface area contributed by atoms with E-state index in [0.717, 1.165) is 6.07 Å². The number of carbonyl (C=O) groups is 2. The zero-order valence-corrected chi connectivity index (χ0v) is 12.4. The number of amides is 1. The third kappa shape index (κ3) is 4.43. The normalized spacial score (nSPS) is 11.1. The van der Waals surface area contributed by atoms with Crippen LogP contribution in [0.3, 0.4) is 0 Å². The second-order valence-electron chi connectivity index (χ2n) is 4.29. The Morgan fingerprint density at radius 3 is 2.48 bits per heavy atom. The monoisotopic (exact) mass is 316 g/mol. The van der Waals surface area contributed by atoms with Gasteiger partial charge in [0.05, 0.1) is 10.5 Å². The molecule has 0 spiro atoms. The van der Waals surface area contributed by atoms with Crippen LogP contribution in [0.2, 0.25) is 0 Å². The Morgan fingerprint density at radius 1 is 1.33 bits per heavy atom. The molecule has 0 aliphatic carbocycles. The molecule has 1 rings (SSSR count). The van der Waals surface area contributed by atoms with Gasteiger partial charge in [-0.25, -0.2) is 22.7 Å². The van der Waals surface area contributed by atoms with Gasteiger partial charge < -0.3 is 15.6 Å². The molecular formula is C12H16N2O6S. The molecule has 0 heterocycles. The molecule has 9 heteroatoms. The Hall–Kier alpha value is -2.13. The highest BCUT2D eigenvalue weighted by Gasteiger charge is 2.20. The van der Waals surface area contributed by atoms with Crippen LogP contribution < -0.4 is 10.5 Å². The number of carboxylic acid groups (broad SMARTS) is 1. The summed E-state index contributed by atoms with van der Waals surface area (Å²) < 4.78 is 30.9. The molecule has 1 aromatic rings. The summed E-state index contributed by atoms with van der Waals surface area (Å²) in [4.78, 5) is 21.2. The molecule has 116 valence electrons. The van der Waals surface area contributed by atoms with Crippen LogP contribution in [0.5, 0.6) is 0 Å². The minimum Gasteiger partial charge on any atom is -0.478 e. The Kier molecular flexibility index (Phi) is 5.28. The number of benzene rings is 1. The number of primary amides is 1. The predicted molar refractivity (Wildman–Crippen MR) is 73.6 cm³/mol. The lowest BCUT2D eigenvalue weighted by atomic mass is 10.1. The van der Waals surface area contributed by atoms with E-state index in [-0.39, 0.29) is 23.6 Å². The summed E-state index contributed by atoms with van der Waals surface area (Å²) in [5.41, 5.74) is 5.62. The smallest absolute Gasteiger partial charge is 0.404 e. The number of hydrogen-bond acceptors (Lipinski definition) is 5. The van der Waals surface area contributed by atoms with Crippen LogP contribution in [-0.4, -0.2) is 38.7 Å². The summed E-state index contributed by atoms with van der Waals surface area (Å²) in [6, 6.07) is 2.48. The molecule has 0 radical (unpaired) electrons. The topological polar surface area (TPSA) is 136 Å². The van der Waals surface area contributed by atoms with E-state index in [0.29, 0.717) is 11.1 Å². The fourth-order valence-corrected chi connectivity index (χ4v) is 2.99. The number of sulfonamides is 1. The number of hydrogen-bond donors (Lipinski definition) is 3. The fraction of sp³-hybridized carbons (Fsp3) is 0.333. The van der Waals surface area contributed by atoms with Crippen LogP contribution in [0.15, 0.2) is 17.0 Å². The Balaban J connectivity index is 3.02. The predicted octanol–water partition coefficient (Wildman–Crippen LogP) is 0.375. The molecule has 0 aliphatic rings. The van der Waals surface area contributed by atoms with E-state index in [2.05, 4.69) is 9.46 Å². The van der Waals surface area contributed by atoms with Crippen molar-refractivity contribution >= 4 is 22.1 Å². The molecule has 21 heavy (non-hydrogen) atoms. The van der Waals surface area contributed by atoms with Gasteiger partial charge in [-0.15, -0.1) is 0 Å². The first-order chi connectivity index (χ1) is 9.65. The first-order valence-corrected chi connectivity index (χ1v) is 7.40. The van der Waals surface area contributed by atoms with E-state index < -0.39 is 22.1 Å². The largest absolute Gasteiger partial charge is 0.478 e. The van der Waals surface area contributed by atoms with Gasteiger partial charge in [0.15, 0.2) is 0 Å². The Labute approximate surface area is 122 Å². The summed E-state index contributed by atoms with van der Waals surface area (Å²) >= 11 is 0. The van der Waals surface area contributed by atoms with Gasteiger partial charge in [0.2, 0.25) is 10.0 Å². The summed E-state index contributed by atoms with van der Waals surface area (Å²) in [6.45, 7) is 2.82. The van der Waals surface area contributed by atoms with Crippen LogP contribution >= 0.6 is 0 Å².